The molecule has 0 aliphatic heterocycles. The zero-order chi connectivity index (χ0) is 23.8. The van der Waals surface area contributed by atoms with Crippen molar-refractivity contribution in [3.8, 4) is 0 Å². The summed E-state index contributed by atoms with van der Waals surface area (Å²) in [5.74, 6) is 0.0293. The van der Waals surface area contributed by atoms with Crippen molar-refractivity contribution >= 4 is 46.8 Å². The van der Waals surface area contributed by atoms with E-state index < -0.39 is 6.04 Å². The van der Waals surface area contributed by atoms with Gasteiger partial charge in [-0.2, -0.15) is 0 Å². The Balaban J connectivity index is 1.79. The predicted octanol–water partition coefficient (Wildman–Crippen LogP) is 6.65. The van der Waals surface area contributed by atoms with E-state index in [0.717, 1.165) is 30.6 Å². The zero-order valence-electron chi connectivity index (χ0n) is 19.3. The molecule has 1 N–H and O–H groups in total. The summed E-state index contributed by atoms with van der Waals surface area (Å²) in [4.78, 5) is 29.4. The van der Waals surface area contributed by atoms with Crippen molar-refractivity contribution in [3.63, 3.8) is 0 Å². The highest BCUT2D eigenvalue weighted by atomic mass is 35.5. The van der Waals surface area contributed by atoms with Crippen LogP contribution >= 0.6 is 35.0 Å². The smallest absolute Gasteiger partial charge is 0.243 e. The summed E-state index contributed by atoms with van der Waals surface area (Å²) in [5.41, 5.74) is 1.84. The van der Waals surface area contributed by atoms with Gasteiger partial charge in [-0.15, -0.1) is 11.8 Å². The number of nitrogens with zero attached hydrogens (tertiary/aromatic N) is 1. The van der Waals surface area contributed by atoms with Crippen LogP contribution in [0, 0.1) is 6.92 Å². The highest BCUT2D eigenvalue weighted by Crippen LogP contribution is 2.28. The number of thioether (sulfide) groups is 1. The van der Waals surface area contributed by atoms with E-state index in [-0.39, 0.29) is 30.2 Å². The van der Waals surface area contributed by atoms with E-state index >= 15 is 0 Å². The number of rotatable bonds is 9. The first-order chi connectivity index (χ1) is 15.9. The lowest BCUT2D eigenvalue weighted by Crippen LogP contribution is -2.52. The van der Waals surface area contributed by atoms with Gasteiger partial charge in [0.05, 0.1) is 5.75 Å². The van der Waals surface area contributed by atoms with Gasteiger partial charge in [0.25, 0.3) is 0 Å². The summed E-state index contributed by atoms with van der Waals surface area (Å²) in [6, 6.07) is 13.0. The third kappa shape index (κ3) is 7.40. The largest absolute Gasteiger partial charge is 0.352 e. The Morgan fingerprint density at radius 1 is 1.06 bits per heavy atom. The van der Waals surface area contributed by atoms with Crippen LogP contribution in [0.15, 0.2) is 47.4 Å². The van der Waals surface area contributed by atoms with E-state index in [1.807, 2.05) is 38.1 Å². The molecule has 2 aromatic rings. The number of amides is 2. The standard InChI is InChI=1S/C26H32Cl2N2O2S/c1-3-24(26(32)29-19-8-5-4-6-9-19)30(16-21-22(27)10-7-11-23(21)28)25(31)17-33-20-14-12-18(2)13-15-20/h7,10-15,19,24H,3-6,8-9,16-17H2,1-2H3,(H,29,32). The average molecular weight is 508 g/mol. The van der Waals surface area contributed by atoms with Gasteiger partial charge in [0.2, 0.25) is 11.8 Å². The number of nitrogens with one attached hydrogen (secondary N) is 1. The number of carbonyl (C=O) groups excluding carboxylic acids is 2. The third-order valence-electron chi connectivity index (χ3n) is 6.11. The first-order valence-electron chi connectivity index (χ1n) is 11.6. The molecule has 1 unspecified atom stereocenters. The number of hydrogen-bond donors (Lipinski definition) is 1. The summed E-state index contributed by atoms with van der Waals surface area (Å²) in [7, 11) is 0. The third-order valence-corrected chi connectivity index (χ3v) is 7.82. The van der Waals surface area contributed by atoms with E-state index in [0.29, 0.717) is 22.0 Å². The molecular formula is C26H32Cl2N2O2S. The van der Waals surface area contributed by atoms with Crippen LogP contribution in [0.25, 0.3) is 0 Å². The maximum absolute atomic E-state index is 13.4. The minimum atomic E-state index is -0.578. The van der Waals surface area contributed by atoms with Gasteiger partial charge in [-0.1, -0.05) is 73.2 Å². The van der Waals surface area contributed by atoms with Crippen molar-refractivity contribution in [2.45, 2.75) is 75.9 Å². The quantitative estimate of drug-likeness (QED) is 0.387. The first-order valence-corrected chi connectivity index (χ1v) is 13.4. The van der Waals surface area contributed by atoms with Crippen LogP contribution in [0.2, 0.25) is 10.0 Å². The number of hydrogen-bond acceptors (Lipinski definition) is 3. The monoisotopic (exact) mass is 506 g/mol. The van der Waals surface area contributed by atoms with Crippen molar-refractivity contribution in [3.05, 3.63) is 63.6 Å². The van der Waals surface area contributed by atoms with E-state index in [9.17, 15) is 9.59 Å². The van der Waals surface area contributed by atoms with Crippen molar-refractivity contribution in [1.82, 2.24) is 10.2 Å². The molecule has 1 fully saturated rings. The lowest BCUT2D eigenvalue weighted by atomic mass is 9.95. The van der Waals surface area contributed by atoms with Gasteiger partial charge in [0.1, 0.15) is 6.04 Å². The van der Waals surface area contributed by atoms with Gasteiger partial charge in [0, 0.05) is 33.1 Å². The Hall–Kier alpha value is -1.69. The number of carbonyl (C=O) groups is 2. The summed E-state index contributed by atoms with van der Waals surface area (Å²) in [5, 5.41) is 4.18. The molecule has 4 nitrogen and oxygen atoms in total. The van der Waals surface area contributed by atoms with E-state index in [1.54, 1.807) is 23.1 Å². The Bertz CT molecular complexity index is 926. The Morgan fingerprint density at radius 2 is 1.70 bits per heavy atom. The van der Waals surface area contributed by atoms with Crippen LogP contribution in [0.1, 0.15) is 56.6 Å². The van der Waals surface area contributed by atoms with Crippen molar-refractivity contribution in [2.75, 3.05) is 5.75 Å². The summed E-state index contributed by atoms with van der Waals surface area (Å²) >= 11 is 14.3. The van der Waals surface area contributed by atoms with Crippen LogP contribution in [0.5, 0.6) is 0 Å². The molecule has 178 valence electrons. The second-order valence-electron chi connectivity index (χ2n) is 8.59. The average Bonchev–Trinajstić information content (AvgIpc) is 2.81. The maximum Gasteiger partial charge on any atom is 0.243 e. The molecule has 0 saturated heterocycles. The van der Waals surface area contributed by atoms with Gasteiger partial charge in [-0.05, 0) is 50.5 Å². The molecule has 3 rings (SSSR count). The predicted molar refractivity (Wildman–Crippen MR) is 138 cm³/mol. The van der Waals surface area contributed by atoms with Crippen molar-refractivity contribution in [2.24, 2.45) is 0 Å². The number of benzene rings is 2. The molecule has 1 aliphatic rings. The lowest BCUT2D eigenvalue weighted by molar-refractivity contribution is -0.139. The zero-order valence-corrected chi connectivity index (χ0v) is 21.6. The summed E-state index contributed by atoms with van der Waals surface area (Å²) < 4.78 is 0. The summed E-state index contributed by atoms with van der Waals surface area (Å²) in [6.45, 7) is 4.17. The minimum Gasteiger partial charge on any atom is -0.352 e. The molecular weight excluding hydrogens is 475 g/mol. The topological polar surface area (TPSA) is 49.4 Å². The van der Waals surface area contributed by atoms with Gasteiger partial charge in [-0.25, -0.2) is 0 Å². The van der Waals surface area contributed by atoms with Gasteiger partial charge in [-0.3, -0.25) is 9.59 Å². The second kappa shape index (κ2) is 12.7. The fourth-order valence-electron chi connectivity index (χ4n) is 4.18. The van der Waals surface area contributed by atoms with Crippen LogP contribution in [0.3, 0.4) is 0 Å². The van der Waals surface area contributed by atoms with Gasteiger partial charge < -0.3 is 10.2 Å². The highest BCUT2D eigenvalue weighted by molar-refractivity contribution is 8.00. The first kappa shape index (κ1) is 25.9. The van der Waals surface area contributed by atoms with Crippen molar-refractivity contribution < 1.29 is 9.59 Å². The molecule has 0 spiro atoms. The molecule has 0 heterocycles. The van der Waals surface area contributed by atoms with E-state index in [2.05, 4.69) is 5.32 Å². The SMILES string of the molecule is CCC(C(=O)NC1CCCCC1)N(Cc1c(Cl)cccc1Cl)C(=O)CSc1ccc(C)cc1. The van der Waals surface area contributed by atoms with Gasteiger partial charge >= 0.3 is 0 Å². The molecule has 0 radical (unpaired) electrons. The lowest BCUT2D eigenvalue weighted by Gasteiger charge is -2.33. The fraction of sp³-hybridized carbons (Fsp3) is 0.462. The molecule has 33 heavy (non-hydrogen) atoms. The van der Waals surface area contributed by atoms with Crippen LogP contribution < -0.4 is 5.32 Å². The Labute approximate surface area is 211 Å². The highest BCUT2D eigenvalue weighted by Gasteiger charge is 2.31. The minimum absolute atomic E-state index is 0.0961. The molecule has 2 amide bonds. The molecule has 2 aromatic carbocycles. The molecule has 1 atom stereocenters. The van der Waals surface area contributed by atoms with E-state index in [4.69, 9.17) is 23.2 Å². The second-order valence-corrected chi connectivity index (χ2v) is 10.5. The van der Waals surface area contributed by atoms with E-state index in [1.165, 1.54) is 23.7 Å². The van der Waals surface area contributed by atoms with Crippen molar-refractivity contribution in [1.29, 1.82) is 0 Å². The molecule has 1 aliphatic carbocycles. The van der Waals surface area contributed by atoms with Crippen LogP contribution in [0.4, 0.5) is 0 Å². The maximum atomic E-state index is 13.4. The summed E-state index contributed by atoms with van der Waals surface area (Å²) in [6.07, 6.45) is 5.99. The number of halogens is 2. The normalized spacial score (nSPS) is 15.2. The van der Waals surface area contributed by atoms with Crippen LogP contribution in [-0.2, 0) is 16.1 Å². The fourth-order valence-corrected chi connectivity index (χ4v) is 5.48. The van der Waals surface area contributed by atoms with Crippen LogP contribution in [-0.4, -0.2) is 34.6 Å². The van der Waals surface area contributed by atoms with Gasteiger partial charge in [0.15, 0.2) is 0 Å². The Kier molecular flexibility index (Phi) is 9.96. The molecule has 7 heteroatoms. The molecule has 1 saturated carbocycles. The number of aryl methyl sites for hydroxylation is 1. The Morgan fingerprint density at radius 3 is 2.30 bits per heavy atom. The molecule has 0 aromatic heterocycles. The molecule has 0 bridgehead atoms.